The van der Waals surface area contributed by atoms with Crippen molar-refractivity contribution in [3.05, 3.63) is 22.7 Å². The standard InChI is InChI=1S/C21H36N3O8PS/c1-14(2)23-33(28,30-9-10-34-19(26)21(4,5)13-25)31-12-16-11-15(3)18(32-16)24-8-7-17(29-6)22-20(24)27/h7-8,14-16,18,25H,9-13H2,1-6H3,(H,23,28). The maximum absolute atomic E-state index is 13.2. The number of aromatic nitrogens is 2. The number of aliphatic hydroxyl groups is 1. The molecule has 34 heavy (non-hydrogen) atoms. The molecule has 0 amide bonds. The first-order valence-corrected chi connectivity index (χ1v) is 13.7. The fourth-order valence-electron chi connectivity index (χ4n) is 3.23. The molecule has 4 atom stereocenters. The van der Waals surface area contributed by atoms with Crippen LogP contribution in [0.15, 0.2) is 17.1 Å². The Labute approximate surface area is 204 Å². The van der Waals surface area contributed by atoms with Crippen molar-refractivity contribution in [2.24, 2.45) is 11.3 Å². The Morgan fingerprint density at radius 3 is 2.74 bits per heavy atom. The first kappa shape index (κ1) is 29.0. The number of methoxy groups -OCH3 is 1. The first-order valence-electron chi connectivity index (χ1n) is 11.1. The molecule has 0 bridgehead atoms. The molecule has 0 aromatic carbocycles. The molecule has 1 aromatic heterocycles. The van der Waals surface area contributed by atoms with Crippen LogP contribution in [-0.4, -0.2) is 64.6 Å². The van der Waals surface area contributed by atoms with Crippen molar-refractivity contribution in [1.29, 1.82) is 0 Å². The van der Waals surface area contributed by atoms with Crippen LogP contribution in [0.2, 0.25) is 0 Å². The number of thioether (sulfide) groups is 1. The smallest absolute Gasteiger partial charge is 0.405 e. The largest absolute Gasteiger partial charge is 0.481 e. The zero-order valence-corrected chi connectivity index (χ0v) is 22.3. The molecule has 13 heteroatoms. The highest BCUT2D eigenvalue weighted by Gasteiger charge is 2.37. The highest BCUT2D eigenvalue weighted by atomic mass is 32.2. The van der Waals surface area contributed by atoms with E-state index in [9.17, 15) is 19.3 Å². The third-order valence-electron chi connectivity index (χ3n) is 5.11. The average Bonchev–Trinajstić information content (AvgIpc) is 3.14. The number of ether oxygens (including phenoxy) is 2. The molecule has 0 aliphatic carbocycles. The van der Waals surface area contributed by atoms with E-state index < -0.39 is 31.2 Å². The van der Waals surface area contributed by atoms with E-state index in [0.29, 0.717) is 6.42 Å². The van der Waals surface area contributed by atoms with Gasteiger partial charge in [0.2, 0.25) is 5.88 Å². The van der Waals surface area contributed by atoms with Crippen LogP contribution < -0.4 is 15.5 Å². The lowest BCUT2D eigenvalue weighted by atomic mass is 9.97. The second-order valence-corrected chi connectivity index (χ2v) is 11.9. The van der Waals surface area contributed by atoms with Gasteiger partial charge in [0.1, 0.15) is 6.23 Å². The lowest BCUT2D eigenvalue weighted by molar-refractivity contribution is -0.119. The second kappa shape index (κ2) is 12.6. The summed E-state index contributed by atoms with van der Waals surface area (Å²) in [7, 11) is -2.23. The molecule has 1 saturated heterocycles. The van der Waals surface area contributed by atoms with Crippen molar-refractivity contribution < 1.29 is 33.0 Å². The van der Waals surface area contributed by atoms with Crippen molar-refractivity contribution in [2.75, 3.05) is 32.7 Å². The summed E-state index contributed by atoms with van der Waals surface area (Å²) in [5.41, 5.74) is -1.33. The van der Waals surface area contributed by atoms with Gasteiger partial charge in [0.25, 0.3) is 0 Å². The molecule has 1 aliphatic rings. The Morgan fingerprint density at radius 2 is 2.15 bits per heavy atom. The van der Waals surface area contributed by atoms with Crippen LogP contribution in [-0.2, 0) is 23.1 Å². The topological polar surface area (TPSA) is 138 Å². The number of rotatable bonds is 13. The number of hydrogen-bond donors (Lipinski definition) is 2. The summed E-state index contributed by atoms with van der Waals surface area (Å²) in [5.74, 6) is 0.489. The van der Waals surface area contributed by atoms with Crippen LogP contribution in [0.5, 0.6) is 5.88 Å². The summed E-state index contributed by atoms with van der Waals surface area (Å²) in [5, 5.41) is 11.9. The third-order valence-corrected chi connectivity index (χ3v) is 8.14. The monoisotopic (exact) mass is 521 g/mol. The van der Waals surface area contributed by atoms with Gasteiger partial charge in [0.05, 0.1) is 38.4 Å². The summed E-state index contributed by atoms with van der Waals surface area (Å²) in [6.07, 6.45) is 1.23. The summed E-state index contributed by atoms with van der Waals surface area (Å²) in [6.45, 7) is 8.66. The van der Waals surface area contributed by atoms with E-state index in [4.69, 9.17) is 18.5 Å². The van der Waals surface area contributed by atoms with Gasteiger partial charge in [-0.3, -0.25) is 18.4 Å². The molecule has 1 aliphatic heterocycles. The van der Waals surface area contributed by atoms with Gasteiger partial charge in [-0.25, -0.2) is 14.4 Å². The van der Waals surface area contributed by atoms with Gasteiger partial charge in [-0.15, -0.1) is 0 Å². The lowest BCUT2D eigenvalue weighted by Crippen LogP contribution is -2.29. The Bertz CT molecular complexity index is 926. The van der Waals surface area contributed by atoms with Crippen molar-refractivity contribution in [2.45, 2.75) is 59.4 Å². The minimum Gasteiger partial charge on any atom is -0.481 e. The van der Waals surface area contributed by atoms with Gasteiger partial charge in [-0.05, 0) is 34.1 Å². The summed E-state index contributed by atoms with van der Waals surface area (Å²) in [6, 6.07) is 1.41. The molecule has 0 spiro atoms. The fourth-order valence-corrected chi connectivity index (χ4v) is 5.71. The van der Waals surface area contributed by atoms with Gasteiger partial charge in [0, 0.05) is 30.0 Å². The molecule has 0 radical (unpaired) electrons. The molecule has 194 valence electrons. The van der Waals surface area contributed by atoms with E-state index in [2.05, 4.69) is 10.1 Å². The Hall–Kier alpha value is -1.27. The number of aliphatic hydroxyl groups excluding tert-OH is 1. The summed E-state index contributed by atoms with van der Waals surface area (Å²) >= 11 is 1.01. The maximum Gasteiger partial charge on any atom is 0.405 e. The molecule has 2 heterocycles. The summed E-state index contributed by atoms with van der Waals surface area (Å²) in [4.78, 5) is 28.3. The molecule has 2 rings (SSSR count). The van der Waals surface area contributed by atoms with Gasteiger partial charge in [0.15, 0.2) is 5.12 Å². The second-order valence-electron chi connectivity index (χ2n) is 9.11. The molecule has 1 aromatic rings. The Kier molecular flexibility index (Phi) is 10.7. The third kappa shape index (κ3) is 8.15. The van der Waals surface area contributed by atoms with Crippen molar-refractivity contribution in [1.82, 2.24) is 14.6 Å². The first-order chi connectivity index (χ1) is 15.9. The van der Waals surface area contributed by atoms with E-state index >= 15 is 0 Å². The summed E-state index contributed by atoms with van der Waals surface area (Å²) < 4.78 is 36.8. The molecular formula is C21H36N3O8PS. The van der Waals surface area contributed by atoms with Crippen molar-refractivity contribution >= 4 is 24.6 Å². The molecule has 1 fully saturated rings. The Balaban J connectivity index is 1.93. The molecule has 0 saturated carbocycles. The average molecular weight is 522 g/mol. The number of hydrogen-bond acceptors (Lipinski definition) is 10. The van der Waals surface area contributed by atoms with Gasteiger partial charge < -0.3 is 14.6 Å². The molecular weight excluding hydrogens is 485 g/mol. The minimum atomic E-state index is -3.67. The zero-order valence-electron chi connectivity index (χ0n) is 20.6. The quantitative estimate of drug-likeness (QED) is 0.293. The number of carbonyl (C=O) groups excluding carboxylic acids is 1. The highest BCUT2D eigenvalue weighted by molar-refractivity contribution is 8.13. The SMILES string of the molecule is COc1ccn(C2OC(COP(=O)(NC(C)C)OCCSC(=O)C(C)(C)CO)CC2C)c(=O)n1. The fraction of sp³-hybridized carbons (Fsp3) is 0.762. The normalized spacial score (nSPS) is 22.6. The highest BCUT2D eigenvalue weighted by Crippen LogP contribution is 2.46. The van der Waals surface area contributed by atoms with Crippen LogP contribution >= 0.6 is 19.5 Å². The number of nitrogens with one attached hydrogen (secondary N) is 1. The van der Waals surface area contributed by atoms with E-state index in [1.807, 2.05) is 20.8 Å². The van der Waals surface area contributed by atoms with Crippen molar-refractivity contribution in [3.63, 3.8) is 0 Å². The van der Waals surface area contributed by atoms with E-state index in [1.54, 1.807) is 26.1 Å². The van der Waals surface area contributed by atoms with E-state index in [-0.39, 0.29) is 48.5 Å². The van der Waals surface area contributed by atoms with Crippen LogP contribution in [0, 0.1) is 11.3 Å². The number of nitrogens with zero attached hydrogens (tertiary/aromatic N) is 2. The van der Waals surface area contributed by atoms with Gasteiger partial charge in [-0.2, -0.15) is 4.98 Å². The lowest BCUT2D eigenvalue weighted by Gasteiger charge is -2.23. The minimum absolute atomic E-state index is 0.000210. The van der Waals surface area contributed by atoms with Crippen LogP contribution in [0.3, 0.4) is 0 Å². The van der Waals surface area contributed by atoms with Crippen LogP contribution in [0.4, 0.5) is 0 Å². The van der Waals surface area contributed by atoms with E-state index in [1.165, 1.54) is 11.7 Å². The van der Waals surface area contributed by atoms with Crippen LogP contribution in [0.1, 0.15) is 47.3 Å². The van der Waals surface area contributed by atoms with E-state index in [0.717, 1.165) is 11.8 Å². The Morgan fingerprint density at radius 1 is 1.44 bits per heavy atom. The molecule has 11 nitrogen and oxygen atoms in total. The molecule has 2 N–H and O–H groups in total. The van der Waals surface area contributed by atoms with Crippen molar-refractivity contribution in [3.8, 4) is 5.88 Å². The molecule has 4 unspecified atom stereocenters. The number of carbonyl (C=O) groups is 1. The van der Waals surface area contributed by atoms with Crippen LogP contribution in [0.25, 0.3) is 0 Å². The maximum atomic E-state index is 13.2. The predicted octanol–water partition coefficient (Wildman–Crippen LogP) is 2.59. The zero-order chi connectivity index (χ0) is 25.5. The predicted molar refractivity (Wildman–Crippen MR) is 129 cm³/mol. The van der Waals surface area contributed by atoms with Gasteiger partial charge in [-0.1, -0.05) is 18.7 Å². The van der Waals surface area contributed by atoms with Gasteiger partial charge >= 0.3 is 13.4 Å².